The van der Waals surface area contributed by atoms with Gasteiger partial charge in [-0.1, -0.05) is 36.0 Å². The largest absolute Gasteiger partial charge is 0.482 e. The molecule has 2 heterocycles. The van der Waals surface area contributed by atoms with E-state index in [9.17, 15) is 43.6 Å². The molecule has 0 bridgehead atoms. The Morgan fingerprint density at radius 1 is 0.654 bits per heavy atom. The molecular weight excluding hydrogens is 2690 g/mol. The first-order valence-corrected chi connectivity index (χ1v) is 22.3. The summed E-state index contributed by atoms with van der Waals surface area (Å²) in [4.78, 5) is 87.0. The van der Waals surface area contributed by atoms with Crippen molar-refractivity contribution in [3.8, 4) is 11.5 Å². The molecule has 4 N–H and O–H groups in total. The van der Waals surface area contributed by atoms with Gasteiger partial charge in [-0.2, -0.15) is 19.9 Å². The molecule has 6 radical (unpaired) electrons. The number of carbonyl (C=O) groups is 4. The van der Waals surface area contributed by atoms with E-state index >= 15 is 0 Å². The first-order valence-electron chi connectivity index (χ1n) is 18.5. The summed E-state index contributed by atoms with van der Waals surface area (Å²) >= 11 is 10.6. The van der Waals surface area contributed by atoms with Crippen molar-refractivity contribution in [3.05, 3.63) is 79.9 Å². The van der Waals surface area contributed by atoms with Crippen LogP contribution in [0.3, 0.4) is 0 Å². The number of nitrogen functional groups attached to an aromatic ring is 2. The fourth-order valence-electron chi connectivity index (χ4n) is 4.91. The second-order valence-corrected chi connectivity index (χ2v) is 14.9. The third kappa shape index (κ3) is 37.6. The summed E-state index contributed by atoms with van der Waals surface area (Å²) in [6.07, 6.45) is 1.14. The number of halogens is 2. The molecule has 1 atom stereocenters. The molecule has 0 saturated carbocycles. The van der Waals surface area contributed by atoms with Crippen molar-refractivity contribution in [1.82, 2.24) is 19.9 Å². The molecule has 0 saturated heterocycles. The number of ether oxygens (including phenoxy) is 6. The molecule has 25 nitrogen and oxygen atoms in total. The monoisotopic (exact) mass is 2740 g/mol. The van der Waals surface area contributed by atoms with Gasteiger partial charge in [0.2, 0.25) is 28.4 Å². The Morgan fingerprint density at radius 3 is 1.31 bits per heavy atom. The number of methoxy groups -OCH3 is 2. The molecule has 1 unspecified atom stereocenters. The number of nitrogens with zero attached hydrogens (tertiary/aromatic N) is 8. The summed E-state index contributed by atoms with van der Waals surface area (Å²) in [6, 6.07) is 12.8. The molecule has 0 aliphatic heterocycles. The zero-order valence-electron chi connectivity index (χ0n) is 41.7. The number of carbonyl (C=O) groups excluding carboxylic acids is 4. The number of hydrogen-bond donors (Lipinski definition) is 2. The average molecular weight is 2740 g/mol. The number of nitro groups is 2. The maximum atomic E-state index is 12.7. The van der Waals surface area contributed by atoms with Gasteiger partial charge < -0.3 is 39.9 Å². The van der Waals surface area contributed by atoms with Crippen LogP contribution in [0.25, 0.3) is 0 Å². The molecule has 0 aliphatic carbocycles. The smallest absolute Gasteiger partial charge is 0.415 e. The summed E-state index contributed by atoms with van der Waals surface area (Å²) in [7, 11) is 0.728. The van der Waals surface area contributed by atoms with Crippen molar-refractivity contribution < 1.29 is 360 Å². The Bertz CT molecular complexity index is 2430. The van der Waals surface area contributed by atoms with E-state index in [1.165, 1.54) is 26.5 Å². The number of esters is 2. The van der Waals surface area contributed by atoms with Gasteiger partial charge in [0.05, 0.1) is 66.5 Å². The molecule has 78 heavy (non-hydrogen) atoms. The van der Waals surface area contributed by atoms with Crippen molar-refractivity contribution in [1.29, 1.82) is 0 Å². The first kappa shape index (κ1) is 106. The Balaban J connectivity index is -0.000000106. The van der Waals surface area contributed by atoms with Gasteiger partial charge in [-0.25, -0.2) is 19.2 Å². The fraction of sp³-hybridized carbons (Fsp3) is 0.351. The zero-order valence-corrected chi connectivity index (χ0v) is 78.2. The number of benzene rings is 2. The number of aromatic nitrogens is 4. The van der Waals surface area contributed by atoms with Crippen LogP contribution in [0.4, 0.5) is 44.2 Å². The second-order valence-electron chi connectivity index (χ2n) is 12.0. The maximum absolute atomic E-state index is 12.7. The SMILES string of the molecule is CCOC(=O)N(Cc1cccc(OCC(=O)OC)c1)c1nc(S(C)=O)nc(N)c1[N+](=O)[O-].CCOC(=O)N(Cc1cccc(OCC(=O)OC)c1)c1nc(SC)nc(N)c1[N+](=O)[O-].ClCCl.[U].[U].[U].[U].[U].[U].[V].[V].[V].[V].[V].[V]. The number of anilines is 4. The average Bonchev–Trinajstić information content (AvgIpc) is 3.28. The molecule has 412 valence electrons. The van der Waals surface area contributed by atoms with Gasteiger partial charge in [0.15, 0.2) is 18.4 Å². The number of hydrogen-bond acceptors (Lipinski definition) is 22. The molecule has 0 aliphatic rings. The number of alkyl halides is 2. The zero-order chi connectivity index (χ0) is 49.5. The first-order chi connectivity index (χ1) is 31.4. The van der Waals surface area contributed by atoms with Gasteiger partial charge >= 0.3 is 35.5 Å². The number of rotatable bonds is 18. The molecule has 2 amide bonds. The predicted octanol–water partition coefficient (Wildman–Crippen LogP) is 5.23. The molecular formula is C37H44Cl2N10O15S2U6V6. The summed E-state index contributed by atoms with van der Waals surface area (Å²) in [5.74, 6) is -2.19. The molecule has 4 aromatic rings. The summed E-state index contributed by atoms with van der Waals surface area (Å²) < 4.78 is 41.7. The Labute approximate surface area is 680 Å². The number of amides is 2. The van der Waals surface area contributed by atoms with E-state index in [0.29, 0.717) is 22.6 Å². The van der Waals surface area contributed by atoms with Gasteiger partial charge in [0.1, 0.15) is 11.5 Å². The normalized spacial score (nSPS) is 8.97. The number of thioether (sulfide) groups is 1. The fourth-order valence-corrected chi connectivity index (χ4v) is 5.72. The van der Waals surface area contributed by atoms with E-state index in [-0.39, 0.29) is 365 Å². The second kappa shape index (κ2) is 59.0. The third-order valence-corrected chi connectivity index (χ3v) is 8.93. The van der Waals surface area contributed by atoms with E-state index in [2.05, 4.69) is 29.4 Å². The molecule has 4 rings (SSSR count). The minimum absolute atomic E-state index is 0. The minimum atomic E-state index is -1.73. The van der Waals surface area contributed by atoms with Crippen LogP contribution in [-0.2, 0) is 164 Å². The Kier molecular flexibility index (Phi) is 80.0. The van der Waals surface area contributed by atoms with Gasteiger partial charge in [-0.3, -0.25) is 34.2 Å². The Hall–Kier alpha value is 2.98. The van der Waals surface area contributed by atoms with E-state index in [4.69, 9.17) is 53.6 Å². The molecule has 2 aromatic carbocycles. The van der Waals surface area contributed by atoms with Crippen LogP contribution >= 0.6 is 35.0 Å². The van der Waals surface area contributed by atoms with Crippen molar-refractivity contribution in [3.63, 3.8) is 0 Å². The van der Waals surface area contributed by atoms with Gasteiger partial charge in [-0.15, -0.1) is 23.2 Å². The van der Waals surface area contributed by atoms with Crippen LogP contribution in [0, 0.1) is 207 Å². The van der Waals surface area contributed by atoms with Gasteiger partial charge in [0, 0.05) is 304 Å². The van der Waals surface area contributed by atoms with Crippen molar-refractivity contribution in [2.24, 2.45) is 0 Å². The quantitative estimate of drug-likeness (QED) is 0.0245. The number of nitrogens with two attached hydrogens (primary N) is 2. The van der Waals surface area contributed by atoms with Crippen molar-refractivity contribution in [2.45, 2.75) is 37.2 Å². The summed E-state index contributed by atoms with van der Waals surface area (Å²) in [5.41, 5.74) is 11.1. The van der Waals surface area contributed by atoms with E-state index in [1.54, 1.807) is 62.6 Å². The topological polar surface area (TPSA) is 337 Å². The van der Waals surface area contributed by atoms with Crippen LogP contribution in [-0.4, -0.2) is 117 Å². The van der Waals surface area contributed by atoms with Crippen molar-refractivity contribution in [2.75, 3.05) is 79.8 Å². The van der Waals surface area contributed by atoms with Gasteiger partial charge in [-0.05, 0) is 55.5 Å². The standard InChI is InChI=1S/C18H21N5O8S.C18H21N5O7S.CH2Cl2.6U.6V/c1-4-30-18(25)22(9-11-6-5-7-12(8-11)31-10-13(24)29-2)16-14(23(26)27)15(19)20-17(21-16)32(3)28;1-4-29-18(25)22(16-14(23(26)27)15(19)20-17(21-16)31-3)9-11-6-5-7-12(8-11)30-10-13(24)28-2;2-1-3;;;;;;;;;;;;/h5-8H,4,9-10H2,1-3H3,(H2,19,20,21);5-8H,4,9-10H2,1-3H3,(H2,19,20,21);1H2;;;;;;;;;;;;. The predicted molar refractivity (Wildman–Crippen MR) is 241 cm³/mol. The van der Waals surface area contributed by atoms with Crippen LogP contribution in [0.1, 0.15) is 25.0 Å². The van der Waals surface area contributed by atoms with Crippen LogP contribution in [0.5, 0.6) is 11.5 Å². The summed E-state index contributed by atoms with van der Waals surface area (Å²) in [5, 5.41) is 23.3. The molecule has 2 aromatic heterocycles. The maximum Gasteiger partial charge on any atom is 0.415 e. The van der Waals surface area contributed by atoms with E-state index < -0.39 is 67.8 Å². The minimum Gasteiger partial charge on any atom is -0.482 e. The van der Waals surface area contributed by atoms with Gasteiger partial charge in [0.25, 0.3) is 0 Å². The van der Waals surface area contributed by atoms with E-state index in [0.717, 1.165) is 21.6 Å². The van der Waals surface area contributed by atoms with Crippen LogP contribution < -0.4 is 30.7 Å². The third-order valence-electron chi connectivity index (χ3n) is 7.68. The molecule has 0 spiro atoms. The Morgan fingerprint density at radius 2 is 1.00 bits per heavy atom. The van der Waals surface area contributed by atoms with Crippen molar-refractivity contribution >= 4 is 105 Å². The van der Waals surface area contributed by atoms with Crippen LogP contribution in [0.2, 0.25) is 0 Å². The molecule has 41 heteroatoms. The van der Waals surface area contributed by atoms with Crippen LogP contribution in [0.15, 0.2) is 58.8 Å². The summed E-state index contributed by atoms with van der Waals surface area (Å²) in [6.45, 7) is 2.19. The molecule has 0 fully saturated rings. The van der Waals surface area contributed by atoms with E-state index in [1.807, 2.05) is 0 Å².